The lowest BCUT2D eigenvalue weighted by Crippen LogP contribution is -2.28. The van der Waals surface area contributed by atoms with Crippen molar-refractivity contribution < 1.29 is 9.52 Å². The van der Waals surface area contributed by atoms with Gasteiger partial charge in [-0.1, -0.05) is 20.8 Å². The SMILES string of the molecule is CC(C)(C)[C@@H]1CCc2nc(N)c(C#N)c(-c3ccc(CO)o3)c2C1. The Balaban J connectivity index is 2.19. The van der Waals surface area contributed by atoms with Crippen LogP contribution in [0.1, 0.15) is 49.8 Å². The van der Waals surface area contributed by atoms with Crippen molar-refractivity contribution >= 4 is 5.82 Å². The number of nitrogens with two attached hydrogens (primary N) is 1. The van der Waals surface area contributed by atoms with E-state index in [0.717, 1.165) is 36.1 Å². The molecule has 126 valence electrons. The molecule has 3 N–H and O–H groups in total. The predicted molar refractivity (Wildman–Crippen MR) is 92.0 cm³/mol. The van der Waals surface area contributed by atoms with Crippen molar-refractivity contribution in [3.63, 3.8) is 0 Å². The van der Waals surface area contributed by atoms with Crippen molar-refractivity contribution in [2.24, 2.45) is 11.3 Å². The molecule has 24 heavy (non-hydrogen) atoms. The molecule has 2 aromatic heterocycles. The van der Waals surface area contributed by atoms with Crippen LogP contribution in [0.15, 0.2) is 16.5 Å². The zero-order chi connectivity index (χ0) is 17.5. The monoisotopic (exact) mass is 325 g/mol. The Morgan fingerprint density at radius 3 is 2.75 bits per heavy atom. The molecule has 0 amide bonds. The molecular formula is C19H23N3O2. The standard InChI is InChI=1S/C19H23N3O2/c1-19(2,3)11-4-6-15-13(8-11)17(14(9-20)18(21)22-15)16-7-5-12(10-23)24-16/h5,7,11,23H,4,6,8,10H2,1-3H3,(H2,21,22)/t11-/m1/s1. The molecule has 2 aromatic rings. The molecule has 2 heterocycles. The number of pyridine rings is 1. The van der Waals surface area contributed by atoms with Crippen LogP contribution in [0.2, 0.25) is 0 Å². The number of anilines is 1. The third-order valence-electron chi connectivity index (χ3n) is 4.99. The largest absolute Gasteiger partial charge is 0.459 e. The Hall–Kier alpha value is -2.32. The summed E-state index contributed by atoms with van der Waals surface area (Å²) in [5, 5.41) is 18.9. The summed E-state index contributed by atoms with van der Waals surface area (Å²) in [6, 6.07) is 5.70. The molecule has 0 radical (unpaired) electrons. The lowest BCUT2D eigenvalue weighted by atomic mass is 9.70. The molecule has 0 spiro atoms. The molecule has 1 aliphatic carbocycles. The van der Waals surface area contributed by atoms with Gasteiger partial charge in [0.25, 0.3) is 0 Å². The van der Waals surface area contributed by atoms with E-state index in [2.05, 4.69) is 31.8 Å². The summed E-state index contributed by atoms with van der Waals surface area (Å²) in [6.45, 7) is 6.56. The quantitative estimate of drug-likeness (QED) is 0.881. The van der Waals surface area contributed by atoms with Gasteiger partial charge < -0.3 is 15.3 Å². The summed E-state index contributed by atoms with van der Waals surface area (Å²) < 4.78 is 5.72. The molecule has 5 nitrogen and oxygen atoms in total. The molecule has 5 heteroatoms. The Morgan fingerprint density at radius 2 is 2.17 bits per heavy atom. The van der Waals surface area contributed by atoms with E-state index in [0.29, 0.717) is 23.0 Å². The number of aryl methyl sites for hydroxylation is 1. The van der Waals surface area contributed by atoms with Gasteiger partial charge in [-0.25, -0.2) is 4.98 Å². The van der Waals surface area contributed by atoms with E-state index in [-0.39, 0.29) is 17.8 Å². The Labute approximate surface area is 142 Å². The van der Waals surface area contributed by atoms with Gasteiger partial charge in [0.15, 0.2) is 0 Å². The molecular weight excluding hydrogens is 302 g/mol. The van der Waals surface area contributed by atoms with Crippen LogP contribution in [-0.2, 0) is 19.4 Å². The average molecular weight is 325 g/mol. The van der Waals surface area contributed by atoms with Crippen molar-refractivity contribution in [2.75, 3.05) is 5.73 Å². The van der Waals surface area contributed by atoms with Crippen LogP contribution in [-0.4, -0.2) is 10.1 Å². The van der Waals surface area contributed by atoms with Crippen molar-refractivity contribution in [1.29, 1.82) is 5.26 Å². The predicted octanol–water partition coefficient (Wildman–Crippen LogP) is 3.44. The van der Waals surface area contributed by atoms with E-state index in [1.807, 2.05) is 0 Å². The third-order valence-corrected chi connectivity index (χ3v) is 4.99. The first-order chi connectivity index (χ1) is 11.3. The number of hydrogen-bond acceptors (Lipinski definition) is 5. The summed E-state index contributed by atoms with van der Waals surface area (Å²) >= 11 is 0. The number of aromatic nitrogens is 1. The second kappa shape index (κ2) is 5.95. The molecule has 3 rings (SSSR count). The fourth-order valence-corrected chi connectivity index (χ4v) is 3.50. The summed E-state index contributed by atoms with van der Waals surface area (Å²) in [4.78, 5) is 4.48. The molecule has 1 atom stereocenters. The smallest absolute Gasteiger partial charge is 0.142 e. The average Bonchev–Trinajstić information content (AvgIpc) is 3.00. The molecule has 0 fully saturated rings. The molecule has 0 aromatic carbocycles. The number of furan rings is 1. The zero-order valence-electron chi connectivity index (χ0n) is 14.4. The van der Waals surface area contributed by atoms with Crippen molar-refractivity contribution in [3.8, 4) is 17.4 Å². The maximum absolute atomic E-state index is 9.59. The molecule has 1 aliphatic rings. The Kier molecular flexibility index (Phi) is 4.10. The molecule has 0 unspecified atom stereocenters. The number of rotatable bonds is 2. The van der Waals surface area contributed by atoms with E-state index < -0.39 is 0 Å². The van der Waals surface area contributed by atoms with Crippen molar-refractivity contribution in [1.82, 2.24) is 4.98 Å². The van der Waals surface area contributed by atoms with Crippen molar-refractivity contribution in [2.45, 2.75) is 46.6 Å². The number of aliphatic hydroxyl groups excluding tert-OH is 1. The first-order valence-corrected chi connectivity index (χ1v) is 8.26. The lowest BCUT2D eigenvalue weighted by Gasteiger charge is -2.35. The van der Waals surface area contributed by atoms with Gasteiger partial charge in [0.1, 0.15) is 35.6 Å². The fourth-order valence-electron chi connectivity index (χ4n) is 3.50. The number of nitriles is 1. The minimum atomic E-state index is -0.171. The van der Waals surface area contributed by atoms with Crippen LogP contribution in [0.5, 0.6) is 0 Å². The molecule has 0 aliphatic heterocycles. The highest BCUT2D eigenvalue weighted by Gasteiger charge is 2.33. The minimum absolute atomic E-state index is 0.171. The number of hydrogen-bond donors (Lipinski definition) is 2. The minimum Gasteiger partial charge on any atom is -0.459 e. The fraction of sp³-hybridized carbons (Fsp3) is 0.474. The van der Waals surface area contributed by atoms with E-state index in [1.165, 1.54) is 0 Å². The summed E-state index contributed by atoms with van der Waals surface area (Å²) in [5.41, 5.74) is 9.34. The van der Waals surface area contributed by atoms with Crippen LogP contribution in [0, 0.1) is 22.7 Å². The maximum Gasteiger partial charge on any atom is 0.142 e. The van der Waals surface area contributed by atoms with Gasteiger partial charge in [0.2, 0.25) is 0 Å². The molecule has 0 saturated heterocycles. The van der Waals surface area contributed by atoms with Crippen LogP contribution in [0.4, 0.5) is 5.82 Å². The molecule has 0 saturated carbocycles. The van der Waals surface area contributed by atoms with E-state index >= 15 is 0 Å². The Bertz CT molecular complexity index is 809. The van der Waals surface area contributed by atoms with E-state index in [4.69, 9.17) is 10.2 Å². The number of nitrogen functional groups attached to an aromatic ring is 1. The van der Waals surface area contributed by atoms with Gasteiger partial charge in [0, 0.05) is 11.3 Å². The van der Waals surface area contributed by atoms with Crippen LogP contribution in [0.3, 0.4) is 0 Å². The van der Waals surface area contributed by atoms with Crippen LogP contribution in [0.25, 0.3) is 11.3 Å². The Morgan fingerprint density at radius 1 is 1.42 bits per heavy atom. The van der Waals surface area contributed by atoms with Crippen LogP contribution < -0.4 is 5.73 Å². The summed E-state index contributed by atoms with van der Waals surface area (Å²) in [6.07, 6.45) is 2.77. The summed E-state index contributed by atoms with van der Waals surface area (Å²) in [5.74, 6) is 1.81. The number of fused-ring (bicyclic) bond motifs is 1. The summed E-state index contributed by atoms with van der Waals surface area (Å²) in [7, 11) is 0. The van der Waals surface area contributed by atoms with E-state index in [9.17, 15) is 10.4 Å². The van der Waals surface area contributed by atoms with E-state index in [1.54, 1.807) is 12.1 Å². The zero-order valence-corrected chi connectivity index (χ0v) is 14.4. The highest BCUT2D eigenvalue weighted by molar-refractivity contribution is 5.76. The van der Waals surface area contributed by atoms with Gasteiger partial charge in [-0.3, -0.25) is 0 Å². The lowest BCUT2D eigenvalue weighted by molar-refractivity contribution is 0.215. The highest BCUT2D eigenvalue weighted by Crippen LogP contribution is 2.42. The number of nitrogens with zero attached hydrogens (tertiary/aromatic N) is 2. The second-order valence-electron chi connectivity index (χ2n) is 7.51. The normalized spacial score (nSPS) is 17.4. The number of aliphatic hydroxyl groups is 1. The maximum atomic E-state index is 9.59. The van der Waals surface area contributed by atoms with Gasteiger partial charge in [0.05, 0.1) is 0 Å². The van der Waals surface area contributed by atoms with Gasteiger partial charge in [-0.2, -0.15) is 5.26 Å². The van der Waals surface area contributed by atoms with Gasteiger partial charge in [-0.15, -0.1) is 0 Å². The van der Waals surface area contributed by atoms with Crippen molar-refractivity contribution in [3.05, 3.63) is 34.7 Å². The van der Waals surface area contributed by atoms with Crippen LogP contribution >= 0.6 is 0 Å². The first kappa shape index (κ1) is 16.5. The first-order valence-electron chi connectivity index (χ1n) is 8.26. The highest BCUT2D eigenvalue weighted by atomic mass is 16.4. The molecule has 0 bridgehead atoms. The van der Waals surface area contributed by atoms with Gasteiger partial charge >= 0.3 is 0 Å². The van der Waals surface area contributed by atoms with Gasteiger partial charge in [-0.05, 0) is 48.3 Å². The second-order valence-corrected chi connectivity index (χ2v) is 7.51. The topological polar surface area (TPSA) is 96.1 Å². The third kappa shape index (κ3) is 2.78.